The van der Waals surface area contributed by atoms with Crippen LogP contribution in [0.5, 0.6) is 5.75 Å². The van der Waals surface area contributed by atoms with Crippen LogP contribution in [0.25, 0.3) is 0 Å². The minimum absolute atomic E-state index is 0.0274. The van der Waals surface area contributed by atoms with Crippen LogP contribution < -0.4 is 15.4 Å². The van der Waals surface area contributed by atoms with Crippen molar-refractivity contribution in [1.29, 1.82) is 5.26 Å². The van der Waals surface area contributed by atoms with E-state index in [1.54, 1.807) is 12.1 Å². The molecule has 5 heterocycles. The highest BCUT2D eigenvalue weighted by Crippen LogP contribution is 2.59. The summed E-state index contributed by atoms with van der Waals surface area (Å²) in [4.78, 5) is 62.4. The molecule has 4 amide bonds. The number of carbonyl (C=O) groups excluding carboxylic acids is 4. The second-order valence-electron chi connectivity index (χ2n) is 14.6. The van der Waals surface area contributed by atoms with Crippen molar-refractivity contribution in [3.05, 3.63) is 18.3 Å². The lowest BCUT2D eigenvalue weighted by atomic mass is 9.77. The molecular formula is C32H39FN6O7. The lowest BCUT2D eigenvalue weighted by Crippen LogP contribution is -2.60. The molecule has 2 saturated carbocycles. The number of ether oxygens (including phenoxy) is 3. The standard InChI is InChI=1S/C32H39FN6O7/c1-31(2,3)25(36-30(43)45-18-6-8-44-14-18)28(41)38-13-20-16-9-19(21(33)10-16)23(20)24(38)27(40)39-15-32(11-17(39)12-34)29(42)37-26-22(46-32)5-4-7-35-26/h4-5,7,16-21,23-25H,6,8-11,13-15H2,1-3H3,(H,36,43)(H,35,37,42)/t16-,17-,18+,19+,20+,21+,23-,24-,25+,32+/m0/s1. The zero-order chi connectivity index (χ0) is 32.5. The molecule has 1 spiro atoms. The van der Waals surface area contributed by atoms with Gasteiger partial charge in [0.1, 0.15) is 30.4 Å². The molecule has 0 radical (unpaired) electrons. The fourth-order valence-corrected chi connectivity index (χ4v) is 8.65. The first kappa shape index (κ1) is 30.7. The molecule has 2 aliphatic carbocycles. The molecular weight excluding hydrogens is 599 g/mol. The molecule has 7 rings (SSSR count). The van der Waals surface area contributed by atoms with Gasteiger partial charge >= 0.3 is 6.09 Å². The summed E-state index contributed by atoms with van der Waals surface area (Å²) >= 11 is 0. The van der Waals surface area contributed by atoms with Gasteiger partial charge in [-0.25, -0.2) is 14.2 Å². The molecule has 3 saturated heterocycles. The predicted molar refractivity (Wildman–Crippen MR) is 158 cm³/mol. The van der Waals surface area contributed by atoms with Crippen molar-refractivity contribution in [2.24, 2.45) is 29.1 Å². The molecule has 1 aromatic rings. The number of alkyl carbamates (subject to hydrolysis) is 1. The van der Waals surface area contributed by atoms with E-state index in [0.29, 0.717) is 31.6 Å². The van der Waals surface area contributed by atoms with Crippen molar-refractivity contribution in [3.63, 3.8) is 0 Å². The van der Waals surface area contributed by atoms with Gasteiger partial charge in [0.15, 0.2) is 11.6 Å². The van der Waals surface area contributed by atoms with Crippen LogP contribution in [0.1, 0.15) is 46.5 Å². The fraction of sp³-hybridized carbons (Fsp3) is 0.688. The summed E-state index contributed by atoms with van der Waals surface area (Å²) < 4.78 is 32.2. The van der Waals surface area contributed by atoms with E-state index in [2.05, 4.69) is 21.7 Å². The molecule has 46 heavy (non-hydrogen) atoms. The van der Waals surface area contributed by atoms with Gasteiger partial charge in [-0.1, -0.05) is 20.8 Å². The smallest absolute Gasteiger partial charge is 0.408 e. The van der Waals surface area contributed by atoms with Gasteiger partial charge in [-0.05, 0) is 54.1 Å². The Labute approximate surface area is 266 Å². The van der Waals surface area contributed by atoms with Crippen LogP contribution in [0, 0.1) is 40.4 Å². The molecule has 246 valence electrons. The number of alkyl halides is 1. The van der Waals surface area contributed by atoms with Gasteiger partial charge < -0.3 is 34.6 Å². The quantitative estimate of drug-likeness (QED) is 0.502. The summed E-state index contributed by atoms with van der Waals surface area (Å²) in [6, 6.07) is 2.33. The van der Waals surface area contributed by atoms with E-state index in [1.807, 2.05) is 20.8 Å². The Morgan fingerprint density at radius 3 is 2.78 bits per heavy atom. The van der Waals surface area contributed by atoms with Gasteiger partial charge in [0.25, 0.3) is 5.91 Å². The highest BCUT2D eigenvalue weighted by molar-refractivity contribution is 6.01. The van der Waals surface area contributed by atoms with E-state index in [9.17, 15) is 24.4 Å². The number of fused-ring (bicyclic) bond motifs is 6. The van der Waals surface area contributed by atoms with Gasteiger partial charge in [-0.2, -0.15) is 5.26 Å². The molecule has 4 aliphatic heterocycles. The molecule has 5 fully saturated rings. The number of pyridine rings is 1. The molecule has 0 unspecified atom stereocenters. The van der Waals surface area contributed by atoms with Crippen LogP contribution in [-0.4, -0.2) is 101 Å². The van der Waals surface area contributed by atoms with Crippen molar-refractivity contribution in [2.45, 2.75) is 82.5 Å². The number of nitrogens with one attached hydrogen (secondary N) is 2. The van der Waals surface area contributed by atoms with Crippen LogP contribution >= 0.6 is 0 Å². The van der Waals surface area contributed by atoms with Crippen molar-refractivity contribution in [3.8, 4) is 11.8 Å². The number of anilines is 1. The van der Waals surface area contributed by atoms with E-state index in [0.717, 1.165) is 0 Å². The molecule has 2 N–H and O–H groups in total. The van der Waals surface area contributed by atoms with Gasteiger partial charge in [0.05, 0.1) is 25.8 Å². The van der Waals surface area contributed by atoms with Crippen LogP contribution in [0.15, 0.2) is 18.3 Å². The van der Waals surface area contributed by atoms with Gasteiger partial charge in [-0.15, -0.1) is 0 Å². The Balaban J connectivity index is 1.19. The molecule has 10 atom stereocenters. The van der Waals surface area contributed by atoms with E-state index in [4.69, 9.17) is 14.2 Å². The predicted octanol–water partition coefficient (Wildman–Crippen LogP) is 2.03. The molecule has 14 heteroatoms. The highest BCUT2D eigenvalue weighted by atomic mass is 19.1. The second-order valence-corrected chi connectivity index (χ2v) is 14.6. The summed E-state index contributed by atoms with van der Waals surface area (Å²) in [5, 5.41) is 15.7. The topological polar surface area (TPSA) is 163 Å². The minimum Gasteiger partial charge on any atom is -0.472 e. The number of halogens is 1. The fourth-order valence-electron chi connectivity index (χ4n) is 8.65. The summed E-state index contributed by atoms with van der Waals surface area (Å²) in [6.45, 7) is 6.21. The molecule has 13 nitrogen and oxygen atoms in total. The van der Waals surface area contributed by atoms with Crippen LogP contribution in [0.4, 0.5) is 15.0 Å². The second kappa shape index (κ2) is 11.1. The molecule has 0 aromatic carbocycles. The average Bonchev–Trinajstić information content (AvgIpc) is 3.83. The number of rotatable bonds is 4. The maximum absolute atomic E-state index is 15.3. The largest absolute Gasteiger partial charge is 0.472 e. The number of likely N-dealkylation sites (tertiary alicyclic amines) is 2. The molecule has 2 bridgehead atoms. The Hall–Kier alpha value is -3.99. The third-order valence-corrected chi connectivity index (χ3v) is 10.8. The summed E-state index contributed by atoms with van der Waals surface area (Å²) in [5.74, 6) is -1.84. The zero-order valence-corrected chi connectivity index (χ0v) is 26.1. The third-order valence-electron chi connectivity index (χ3n) is 10.8. The van der Waals surface area contributed by atoms with Crippen LogP contribution in [-0.2, 0) is 23.9 Å². The van der Waals surface area contributed by atoms with Gasteiger partial charge in [0, 0.05) is 25.6 Å². The summed E-state index contributed by atoms with van der Waals surface area (Å²) in [6.07, 6.45) is 0.760. The monoisotopic (exact) mass is 638 g/mol. The van der Waals surface area contributed by atoms with Crippen molar-refractivity contribution >= 4 is 29.6 Å². The SMILES string of the molecule is CC(C)(C)[C@H](NC(=O)O[C@@H]1CCOC1)C(=O)N1C[C@@H]2[C@H]3C[C@@H]([C@@H]2[C@H]1C(=O)N1C[C@@]2(C[C@H]1C#N)Oc1cccnc1NC2=O)[C@H](F)C3. The first-order chi connectivity index (χ1) is 21.9. The van der Waals surface area contributed by atoms with Crippen molar-refractivity contribution < 1.29 is 37.8 Å². The molecule has 1 aromatic heterocycles. The Morgan fingerprint density at radius 2 is 2.07 bits per heavy atom. The lowest BCUT2D eigenvalue weighted by molar-refractivity contribution is -0.149. The first-order valence-electron chi connectivity index (χ1n) is 16.1. The number of nitriles is 1. The van der Waals surface area contributed by atoms with Crippen LogP contribution in [0.3, 0.4) is 0 Å². The Morgan fingerprint density at radius 1 is 1.26 bits per heavy atom. The third kappa shape index (κ3) is 4.94. The zero-order valence-electron chi connectivity index (χ0n) is 26.1. The number of carbonyl (C=O) groups is 4. The number of amides is 4. The maximum Gasteiger partial charge on any atom is 0.408 e. The number of hydrogen-bond acceptors (Lipinski definition) is 9. The maximum atomic E-state index is 15.3. The summed E-state index contributed by atoms with van der Waals surface area (Å²) in [5.41, 5.74) is -2.29. The van der Waals surface area contributed by atoms with E-state index in [-0.39, 0.29) is 43.8 Å². The van der Waals surface area contributed by atoms with E-state index in [1.165, 1.54) is 16.0 Å². The van der Waals surface area contributed by atoms with Crippen LogP contribution in [0.2, 0.25) is 0 Å². The number of aromatic nitrogens is 1. The lowest BCUT2D eigenvalue weighted by Gasteiger charge is -2.38. The summed E-state index contributed by atoms with van der Waals surface area (Å²) in [7, 11) is 0. The molecule has 6 aliphatic rings. The highest BCUT2D eigenvalue weighted by Gasteiger charge is 2.65. The Kier molecular flexibility index (Phi) is 7.38. The van der Waals surface area contributed by atoms with Gasteiger partial charge in [-0.3, -0.25) is 14.4 Å². The minimum atomic E-state index is -1.53. The first-order valence-corrected chi connectivity index (χ1v) is 16.1. The normalized spacial score (nSPS) is 36.5. The van der Waals surface area contributed by atoms with Gasteiger partial charge in [0.2, 0.25) is 17.4 Å². The average molecular weight is 639 g/mol. The number of nitrogens with zero attached hydrogens (tertiary/aromatic N) is 4. The van der Waals surface area contributed by atoms with Crippen molar-refractivity contribution in [1.82, 2.24) is 20.1 Å². The Bertz CT molecular complexity index is 1490. The van der Waals surface area contributed by atoms with E-state index >= 15 is 4.39 Å². The van der Waals surface area contributed by atoms with E-state index < -0.39 is 77.1 Å². The number of hydrogen-bond donors (Lipinski definition) is 2. The van der Waals surface area contributed by atoms with Crippen molar-refractivity contribution in [2.75, 3.05) is 31.6 Å².